The predicted octanol–water partition coefficient (Wildman–Crippen LogP) is 2.62. The van der Waals surface area contributed by atoms with Crippen LogP contribution in [0.5, 0.6) is 0 Å². The molecule has 0 bridgehead atoms. The summed E-state index contributed by atoms with van der Waals surface area (Å²) >= 11 is 0. The number of rotatable bonds is 6. The van der Waals surface area contributed by atoms with Gasteiger partial charge in [0.05, 0.1) is 0 Å². The third-order valence-electron chi connectivity index (χ3n) is 2.98. The molecule has 1 aromatic rings. The van der Waals surface area contributed by atoms with E-state index in [1.54, 1.807) is 0 Å². The largest absolute Gasteiger partial charge is 0.365 e. The first-order valence-corrected chi connectivity index (χ1v) is 6.55. The number of hydrazine groups is 1. The van der Waals surface area contributed by atoms with Gasteiger partial charge in [0.25, 0.3) is 0 Å². The molecule has 0 aliphatic rings. The maximum absolute atomic E-state index is 5.50. The summed E-state index contributed by atoms with van der Waals surface area (Å²) < 4.78 is 0. The molecule has 0 fully saturated rings. The van der Waals surface area contributed by atoms with Gasteiger partial charge in [-0.1, -0.05) is 20.3 Å². The molecular weight excluding hydrogens is 226 g/mol. The van der Waals surface area contributed by atoms with Gasteiger partial charge in [-0.05, 0) is 27.2 Å². The maximum atomic E-state index is 5.50. The normalized spacial score (nSPS) is 11.4. The number of hydrogen-bond acceptors (Lipinski definition) is 5. The molecule has 1 heterocycles. The van der Waals surface area contributed by atoms with E-state index in [1.165, 1.54) is 0 Å². The van der Waals surface area contributed by atoms with E-state index >= 15 is 0 Å². The van der Waals surface area contributed by atoms with E-state index in [0.29, 0.717) is 5.82 Å². The van der Waals surface area contributed by atoms with Crippen molar-refractivity contribution in [3.8, 4) is 0 Å². The summed E-state index contributed by atoms with van der Waals surface area (Å²) in [6.07, 6.45) is 3.01. The molecule has 18 heavy (non-hydrogen) atoms. The third kappa shape index (κ3) is 3.57. The van der Waals surface area contributed by atoms with Crippen LogP contribution < -0.4 is 16.6 Å². The monoisotopic (exact) mass is 251 g/mol. The lowest BCUT2D eigenvalue weighted by molar-refractivity contribution is 0.508. The van der Waals surface area contributed by atoms with Gasteiger partial charge in [0.15, 0.2) is 0 Å². The Balaban J connectivity index is 3.07. The van der Waals surface area contributed by atoms with Crippen LogP contribution >= 0.6 is 0 Å². The minimum Gasteiger partial charge on any atom is -0.365 e. The van der Waals surface area contributed by atoms with Crippen molar-refractivity contribution in [3.63, 3.8) is 0 Å². The Morgan fingerprint density at radius 3 is 2.28 bits per heavy atom. The van der Waals surface area contributed by atoms with Gasteiger partial charge in [-0.3, -0.25) is 0 Å². The molecule has 0 spiro atoms. The van der Waals surface area contributed by atoms with E-state index in [-0.39, 0.29) is 5.54 Å². The highest BCUT2D eigenvalue weighted by Gasteiger charge is 2.19. The maximum Gasteiger partial charge on any atom is 0.148 e. The number of anilines is 2. The molecule has 0 aliphatic carbocycles. The third-order valence-corrected chi connectivity index (χ3v) is 2.98. The van der Waals surface area contributed by atoms with Crippen LogP contribution in [0.1, 0.15) is 51.9 Å². The van der Waals surface area contributed by atoms with E-state index in [4.69, 9.17) is 5.84 Å². The summed E-state index contributed by atoms with van der Waals surface area (Å²) in [5.74, 6) is 7.85. The van der Waals surface area contributed by atoms with Gasteiger partial charge in [0, 0.05) is 17.5 Å². The quantitative estimate of drug-likeness (QED) is 0.535. The first-order chi connectivity index (χ1) is 8.43. The Morgan fingerprint density at radius 2 is 1.78 bits per heavy atom. The van der Waals surface area contributed by atoms with Crippen LogP contribution in [-0.2, 0) is 6.42 Å². The molecule has 1 rings (SSSR count). The van der Waals surface area contributed by atoms with Gasteiger partial charge < -0.3 is 10.7 Å². The molecule has 0 aliphatic heterocycles. The molecule has 5 nitrogen and oxygen atoms in total. The molecule has 0 saturated carbocycles. The van der Waals surface area contributed by atoms with Crippen LogP contribution in [0.3, 0.4) is 0 Å². The fourth-order valence-corrected chi connectivity index (χ4v) is 1.99. The molecule has 102 valence electrons. The van der Waals surface area contributed by atoms with Crippen LogP contribution in [0.25, 0.3) is 0 Å². The molecule has 0 atom stereocenters. The van der Waals surface area contributed by atoms with Gasteiger partial charge >= 0.3 is 0 Å². The van der Waals surface area contributed by atoms with Crippen LogP contribution in [0.2, 0.25) is 0 Å². The van der Waals surface area contributed by atoms with E-state index in [0.717, 1.165) is 36.5 Å². The lowest BCUT2D eigenvalue weighted by atomic mass is 9.99. The molecule has 0 amide bonds. The molecule has 0 unspecified atom stereocenters. The molecule has 1 aromatic heterocycles. The number of hydrogen-bond donors (Lipinski definition) is 3. The molecule has 0 radical (unpaired) electrons. The van der Waals surface area contributed by atoms with Crippen molar-refractivity contribution in [1.29, 1.82) is 0 Å². The number of nitrogens with zero attached hydrogens (tertiary/aromatic N) is 2. The fraction of sp³-hybridized carbons (Fsp3) is 0.692. The first kappa shape index (κ1) is 14.7. The molecule has 0 aromatic carbocycles. The average molecular weight is 251 g/mol. The highest BCUT2D eigenvalue weighted by Crippen LogP contribution is 2.24. The highest BCUT2D eigenvalue weighted by molar-refractivity contribution is 5.57. The lowest BCUT2D eigenvalue weighted by Crippen LogP contribution is -2.32. The van der Waals surface area contributed by atoms with Gasteiger partial charge in [0.1, 0.15) is 17.5 Å². The van der Waals surface area contributed by atoms with Gasteiger partial charge in [-0.2, -0.15) is 0 Å². The van der Waals surface area contributed by atoms with Crippen molar-refractivity contribution in [2.45, 2.75) is 59.4 Å². The number of aryl methyl sites for hydroxylation is 1. The van der Waals surface area contributed by atoms with Crippen molar-refractivity contribution in [1.82, 2.24) is 9.97 Å². The average Bonchev–Trinajstić information content (AvgIpc) is 2.31. The Morgan fingerprint density at radius 1 is 1.17 bits per heavy atom. The Hall–Kier alpha value is -1.36. The summed E-state index contributed by atoms with van der Waals surface area (Å²) in [5, 5.41) is 3.49. The minimum atomic E-state index is 0.0186. The second kappa shape index (κ2) is 6.00. The summed E-state index contributed by atoms with van der Waals surface area (Å²) in [6.45, 7) is 10.5. The summed E-state index contributed by atoms with van der Waals surface area (Å²) in [4.78, 5) is 8.91. The van der Waals surface area contributed by atoms with Gasteiger partial charge in [-0.15, -0.1) is 0 Å². The molecule has 4 N–H and O–H groups in total. The van der Waals surface area contributed by atoms with Gasteiger partial charge in [-0.25, -0.2) is 15.8 Å². The molecular formula is C13H25N5. The van der Waals surface area contributed by atoms with Crippen molar-refractivity contribution < 1.29 is 0 Å². The zero-order valence-electron chi connectivity index (χ0n) is 12.1. The number of nitrogens with one attached hydrogen (secondary N) is 2. The first-order valence-electron chi connectivity index (χ1n) is 6.55. The topological polar surface area (TPSA) is 75.9 Å². The Bertz CT molecular complexity index is 401. The Kier molecular flexibility index (Phi) is 4.90. The summed E-state index contributed by atoms with van der Waals surface area (Å²) in [5.41, 5.74) is 3.61. The highest BCUT2D eigenvalue weighted by atomic mass is 15.3. The second-order valence-corrected chi connectivity index (χ2v) is 5.22. The fourth-order valence-electron chi connectivity index (χ4n) is 1.99. The number of nitrogen functional groups attached to an aromatic ring is 1. The van der Waals surface area contributed by atoms with Crippen LogP contribution in [0.4, 0.5) is 11.6 Å². The number of nitrogens with two attached hydrogens (primary N) is 1. The van der Waals surface area contributed by atoms with Crippen LogP contribution in [-0.4, -0.2) is 15.5 Å². The zero-order valence-corrected chi connectivity index (χ0v) is 12.1. The SMILES string of the molecule is CCCC(C)(C)Nc1nc(CC)nc(NN)c1C. The van der Waals surface area contributed by atoms with E-state index in [2.05, 4.69) is 41.5 Å². The van der Waals surface area contributed by atoms with Gasteiger partial charge in [0.2, 0.25) is 0 Å². The summed E-state index contributed by atoms with van der Waals surface area (Å²) in [7, 11) is 0. The zero-order chi connectivity index (χ0) is 13.8. The molecule has 0 saturated heterocycles. The van der Waals surface area contributed by atoms with Crippen LogP contribution in [0, 0.1) is 6.92 Å². The standard InChI is InChI=1S/C13H25N5/c1-6-8-13(4,5)17-11-9(3)12(18-14)16-10(7-2)15-11/h6-8,14H2,1-5H3,(H2,15,16,17,18). The molecule has 5 heteroatoms. The smallest absolute Gasteiger partial charge is 0.148 e. The minimum absolute atomic E-state index is 0.0186. The van der Waals surface area contributed by atoms with E-state index in [1.807, 2.05) is 13.8 Å². The number of aromatic nitrogens is 2. The van der Waals surface area contributed by atoms with Crippen molar-refractivity contribution >= 4 is 11.6 Å². The summed E-state index contributed by atoms with van der Waals surface area (Å²) in [6, 6.07) is 0. The van der Waals surface area contributed by atoms with E-state index < -0.39 is 0 Å². The van der Waals surface area contributed by atoms with Crippen molar-refractivity contribution in [2.75, 3.05) is 10.7 Å². The lowest BCUT2D eigenvalue weighted by Gasteiger charge is -2.28. The van der Waals surface area contributed by atoms with Crippen molar-refractivity contribution in [2.24, 2.45) is 5.84 Å². The Labute approximate surface area is 110 Å². The predicted molar refractivity (Wildman–Crippen MR) is 76.6 cm³/mol. The van der Waals surface area contributed by atoms with E-state index in [9.17, 15) is 0 Å². The van der Waals surface area contributed by atoms with Crippen molar-refractivity contribution in [3.05, 3.63) is 11.4 Å². The van der Waals surface area contributed by atoms with Crippen LogP contribution in [0.15, 0.2) is 0 Å². The second-order valence-electron chi connectivity index (χ2n) is 5.22.